The largest absolute Gasteiger partial charge is 0.394 e. The first-order chi connectivity index (χ1) is 9.74. The lowest BCUT2D eigenvalue weighted by atomic mass is 10.7. The Hall–Kier alpha value is -0.280. The molecule has 0 atom stereocenters. The SMILES string of the molecule is CCOC.CCOCCOCCO.OCCOCCO. The van der Waals surface area contributed by atoms with Crippen molar-refractivity contribution in [1.82, 2.24) is 0 Å². The van der Waals surface area contributed by atoms with Crippen LogP contribution < -0.4 is 0 Å². The van der Waals surface area contributed by atoms with Gasteiger partial charge in [-0.3, -0.25) is 0 Å². The highest BCUT2D eigenvalue weighted by Gasteiger charge is 1.84. The molecule has 126 valence electrons. The maximum atomic E-state index is 8.26. The van der Waals surface area contributed by atoms with E-state index >= 15 is 0 Å². The predicted molar refractivity (Wildman–Crippen MR) is 76.9 cm³/mol. The number of rotatable bonds is 11. The lowest BCUT2D eigenvalue weighted by Crippen LogP contribution is -2.06. The van der Waals surface area contributed by atoms with Gasteiger partial charge in [0.15, 0.2) is 0 Å². The molecule has 0 bridgehead atoms. The van der Waals surface area contributed by atoms with Crippen LogP contribution in [0.3, 0.4) is 0 Å². The second kappa shape index (κ2) is 31.2. The molecule has 0 unspecified atom stereocenters. The van der Waals surface area contributed by atoms with Gasteiger partial charge in [0.25, 0.3) is 0 Å². The van der Waals surface area contributed by atoms with Crippen LogP contribution in [0.5, 0.6) is 0 Å². The number of hydrogen-bond donors (Lipinski definition) is 3. The van der Waals surface area contributed by atoms with Crippen molar-refractivity contribution >= 4 is 0 Å². The van der Waals surface area contributed by atoms with Crippen LogP contribution in [0.2, 0.25) is 0 Å². The van der Waals surface area contributed by atoms with Crippen molar-refractivity contribution in [2.75, 3.05) is 73.2 Å². The smallest absolute Gasteiger partial charge is 0.0701 e. The molecule has 0 aromatic heterocycles. The second-order valence-electron chi connectivity index (χ2n) is 3.17. The van der Waals surface area contributed by atoms with Gasteiger partial charge >= 0.3 is 0 Å². The summed E-state index contributed by atoms with van der Waals surface area (Å²) in [6.07, 6.45) is 0. The van der Waals surface area contributed by atoms with Crippen molar-refractivity contribution in [2.24, 2.45) is 0 Å². The molecule has 7 heteroatoms. The van der Waals surface area contributed by atoms with E-state index in [2.05, 4.69) is 9.47 Å². The Balaban J connectivity index is -0.000000234. The van der Waals surface area contributed by atoms with Gasteiger partial charge in [0, 0.05) is 20.3 Å². The van der Waals surface area contributed by atoms with E-state index in [-0.39, 0.29) is 19.8 Å². The van der Waals surface area contributed by atoms with Gasteiger partial charge in [-0.15, -0.1) is 0 Å². The fourth-order valence-electron chi connectivity index (χ4n) is 0.660. The third-order valence-corrected chi connectivity index (χ3v) is 1.57. The Labute approximate surface area is 122 Å². The first kappa shape index (κ1) is 24.7. The van der Waals surface area contributed by atoms with Crippen LogP contribution in [0, 0.1) is 0 Å². The molecule has 0 aromatic carbocycles. The molecule has 0 heterocycles. The molecule has 0 aliphatic carbocycles. The summed E-state index contributed by atoms with van der Waals surface area (Å²) in [4.78, 5) is 0. The Morgan fingerprint density at radius 3 is 1.25 bits per heavy atom. The maximum absolute atomic E-state index is 8.26. The highest BCUT2D eigenvalue weighted by atomic mass is 16.5. The first-order valence-electron chi connectivity index (χ1n) is 6.79. The van der Waals surface area contributed by atoms with Crippen molar-refractivity contribution in [3.8, 4) is 0 Å². The first-order valence-corrected chi connectivity index (χ1v) is 6.79. The molecule has 0 fully saturated rings. The lowest BCUT2D eigenvalue weighted by molar-refractivity contribution is 0.0370. The fourth-order valence-corrected chi connectivity index (χ4v) is 0.660. The van der Waals surface area contributed by atoms with E-state index in [1.807, 2.05) is 13.8 Å². The zero-order valence-corrected chi connectivity index (χ0v) is 13.0. The molecular formula is C13H32O7. The van der Waals surface area contributed by atoms with E-state index in [9.17, 15) is 0 Å². The average molecular weight is 300 g/mol. The van der Waals surface area contributed by atoms with Gasteiger partial charge in [0.2, 0.25) is 0 Å². The zero-order chi connectivity index (χ0) is 15.9. The molecule has 0 saturated carbocycles. The van der Waals surface area contributed by atoms with E-state index < -0.39 is 0 Å². The van der Waals surface area contributed by atoms with Crippen LogP contribution in [-0.2, 0) is 18.9 Å². The molecule has 0 saturated heterocycles. The van der Waals surface area contributed by atoms with Crippen molar-refractivity contribution < 1.29 is 34.3 Å². The number of hydrogen-bond acceptors (Lipinski definition) is 7. The quantitative estimate of drug-likeness (QED) is 0.450. The second-order valence-corrected chi connectivity index (χ2v) is 3.17. The minimum absolute atomic E-state index is 0.0278. The maximum Gasteiger partial charge on any atom is 0.0701 e. The van der Waals surface area contributed by atoms with E-state index in [0.717, 1.165) is 13.2 Å². The third-order valence-electron chi connectivity index (χ3n) is 1.57. The Bertz CT molecular complexity index is 113. The highest BCUT2D eigenvalue weighted by Crippen LogP contribution is 1.76. The molecule has 3 N–H and O–H groups in total. The molecule has 0 aliphatic rings. The minimum atomic E-state index is 0.0278. The van der Waals surface area contributed by atoms with Gasteiger partial charge in [-0.1, -0.05) is 0 Å². The molecular weight excluding hydrogens is 268 g/mol. The number of ether oxygens (including phenoxy) is 4. The summed E-state index contributed by atoms with van der Waals surface area (Å²) in [6.45, 7) is 7.83. The van der Waals surface area contributed by atoms with E-state index in [0.29, 0.717) is 33.0 Å². The number of aliphatic hydroxyl groups is 3. The minimum Gasteiger partial charge on any atom is -0.394 e. The Kier molecular flexibility index (Phi) is 38.6. The van der Waals surface area contributed by atoms with Gasteiger partial charge in [-0.05, 0) is 13.8 Å². The van der Waals surface area contributed by atoms with Crippen LogP contribution in [-0.4, -0.2) is 88.5 Å². The van der Waals surface area contributed by atoms with Crippen LogP contribution in [0.25, 0.3) is 0 Å². The Morgan fingerprint density at radius 1 is 0.600 bits per heavy atom. The molecule has 0 rings (SSSR count). The molecule has 0 aliphatic heterocycles. The normalized spacial score (nSPS) is 9.30. The summed E-state index contributed by atoms with van der Waals surface area (Å²) in [6, 6.07) is 0. The van der Waals surface area contributed by atoms with E-state index in [4.69, 9.17) is 24.8 Å². The number of methoxy groups -OCH3 is 1. The highest BCUT2D eigenvalue weighted by molar-refractivity contribution is 4.28. The monoisotopic (exact) mass is 300 g/mol. The topological polar surface area (TPSA) is 97.6 Å². The third kappa shape index (κ3) is 43.1. The molecule has 0 aromatic rings. The predicted octanol–water partition coefficient (Wildman–Crippen LogP) is -0.328. The van der Waals surface area contributed by atoms with Crippen LogP contribution in [0.1, 0.15) is 13.8 Å². The zero-order valence-electron chi connectivity index (χ0n) is 13.0. The number of aliphatic hydroxyl groups excluding tert-OH is 3. The summed E-state index contributed by atoms with van der Waals surface area (Å²) in [5, 5.41) is 24.4. The summed E-state index contributed by atoms with van der Waals surface area (Å²) >= 11 is 0. The van der Waals surface area contributed by atoms with Crippen LogP contribution in [0.15, 0.2) is 0 Å². The summed E-state index contributed by atoms with van der Waals surface area (Å²) in [7, 11) is 1.68. The summed E-state index contributed by atoms with van der Waals surface area (Å²) < 4.78 is 19.1. The van der Waals surface area contributed by atoms with Crippen molar-refractivity contribution in [3.05, 3.63) is 0 Å². The van der Waals surface area contributed by atoms with Crippen LogP contribution >= 0.6 is 0 Å². The molecule has 0 radical (unpaired) electrons. The van der Waals surface area contributed by atoms with Gasteiger partial charge in [-0.2, -0.15) is 0 Å². The molecule has 7 nitrogen and oxygen atoms in total. The standard InChI is InChI=1S/C6H14O3.C4H10O3.C3H8O/c1-2-8-5-6-9-4-3-7;5-1-3-7-4-2-6;1-3-4-2/h7H,2-6H2,1H3;5-6H,1-4H2;3H2,1-2H3. The van der Waals surface area contributed by atoms with Gasteiger partial charge in [0.05, 0.1) is 52.9 Å². The van der Waals surface area contributed by atoms with E-state index in [1.165, 1.54) is 0 Å². The van der Waals surface area contributed by atoms with Crippen LogP contribution in [0.4, 0.5) is 0 Å². The van der Waals surface area contributed by atoms with Gasteiger partial charge in [0.1, 0.15) is 0 Å². The Morgan fingerprint density at radius 2 is 0.950 bits per heavy atom. The molecule has 20 heavy (non-hydrogen) atoms. The average Bonchev–Trinajstić information content (AvgIpc) is 2.49. The fraction of sp³-hybridized carbons (Fsp3) is 1.00. The molecule has 0 amide bonds. The van der Waals surface area contributed by atoms with Gasteiger partial charge < -0.3 is 34.3 Å². The van der Waals surface area contributed by atoms with E-state index in [1.54, 1.807) is 7.11 Å². The molecule has 0 spiro atoms. The van der Waals surface area contributed by atoms with Crippen molar-refractivity contribution in [3.63, 3.8) is 0 Å². The van der Waals surface area contributed by atoms with Crippen molar-refractivity contribution in [2.45, 2.75) is 13.8 Å². The van der Waals surface area contributed by atoms with Gasteiger partial charge in [-0.25, -0.2) is 0 Å². The summed E-state index contributed by atoms with van der Waals surface area (Å²) in [5.41, 5.74) is 0. The van der Waals surface area contributed by atoms with Crippen molar-refractivity contribution in [1.29, 1.82) is 0 Å². The summed E-state index contributed by atoms with van der Waals surface area (Å²) in [5.74, 6) is 0. The lowest BCUT2D eigenvalue weighted by Gasteiger charge is -2.00.